The molecule has 1 nitrogen and oxygen atoms in total. The summed E-state index contributed by atoms with van der Waals surface area (Å²) >= 11 is 0. The summed E-state index contributed by atoms with van der Waals surface area (Å²) in [5.74, 6) is 0. The predicted molar refractivity (Wildman–Crippen MR) is 71.9 cm³/mol. The minimum atomic E-state index is -1.60. The van der Waals surface area contributed by atoms with Crippen LogP contribution in [0.25, 0.3) is 0 Å². The van der Waals surface area contributed by atoms with E-state index in [9.17, 15) is 5.11 Å². The maximum Gasteiger partial charge on any atom is 0.0914 e. The second kappa shape index (κ2) is 5.85. The maximum absolute atomic E-state index is 10.2. The Hall–Kier alpha value is -0.0831. The Labute approximate surface area is 96.6 Å². The van der Waals surface area contributed by atoms with E-state index in [0.717, 1.165) is 6.42 Å². The molecule has 0 aromatic rings. The van der Waals surface area contributed by atoms with Crippen molar-refractivity contribution in [3.05, 3.63) is 12.2 Å². The van der Waals surface area contributed by atoms with Gasteiger partial charge >= 0.3 is 0 Å². The number of hydrogen-bond donors (Lipinski definition) is 1. The highest BCUT2D eigenvalue weighted by Gasteiger charge is 2.40. The zero-order chi connectivity index (χ0) is 12.1. The molecule has 2 heteroatoms. The van der Waals surface area contributed by atoms with E-state index in [4.69, 9.17) is 0 Å². The van der Waals surface area contributed by atoms with Crippen LogP contribution in [0.5, 0.6) is 0 Å². The van der Waals surface area contributed by atoms with Crippen molar-refractivity contribution in [1.82, 2.24) is 0 Å². The molecule has 1 atom stereocenters. The Morgan fingerprint density at radius 1 is 1.27 bits per heavy atom. The first-order chi connectivity index (χ1) is 6.73. The third kappa shape index (κ3) is 4.52. The van der Waals surface area contributed by atoms with Crippen LogP contribution in [0.3, 0.4) is 0 Å². The summed E-state index contributed by atoms with van der Waals surface area (Å²) < 4.78 is 0. The van der Waals surface area contributed by atoms with E-state index in [1.807, 2.05) is 6.08 Å². The van der Waals surface area contributed by atoms with Crippen LogP contribution in [0, 0.1) is 0 Å². The molecule has 0 amide bonds. The summed E-state index contributed by atoms with van der Waals surface area (Å²) in [6, 6.07) is 0. The molecule has 1 N–H and O–H groups in total. The van der Waals surface area contributed by atoms with E-state index in [0.29, 0.717) is 0 Å². The fourth-order valence-electron chi connectivity index (χ4n) is 1.23. The number of rotatable bonds is 5. The molecule has 15 heavy (non-hydrogen) atoms. The van der Waals surface area contributed by atoms with Crippen molar-refractivity contribution in [3.8, 4) is 0 Å². The van der Waals surface area contributed by atoms with Gasteiger partial charge in [0.15, 0.2) is 0 Å². The van der Waals surface area contributed by atoms with E-state index < -0.39 is 8.07 Å². The molecule has 0 fully saturated rings. The molecule has 1 unspecified atom stereocenters. The Morgan fingerprint density at radius 2 is 1.80 bits per heavy atom. The largest absolute Gasteiger partial charge is 0.393 e. The molecule has 90 valence electrons. The van der Waals surface area contributed by atoms with Gasteiger partial charge in [0.1, 0.15) is 0 Å². The number of aliphatic hydroxyl groups is 1. The van der Waals surface area contributed by atoms with Crippen molar-refractivity contribution < 1.29 is 5.11 Å². The van der Waals surface area contributed by atoms with Gasteiger partial charge in [-0.3, -0.25) is 0 Å². The normalized spacial score (nSPS) is 15.9. The molecule has 0 aliphatic heterocycles. The Kier molecular flexibility index (Phi) is 5.82. The van der Waals surface area contributed by atoms with Gasteiger partial charge in [0.25, 0.3) is 0 Å². The second-order valence-corrected chi connectivity index (χ2v) is 11.5. The fourth-order valence-corrected chi connectivity index (χ4v) is 2.74. The van der Waals surface area contributed by atoms with Crippen molar-refractivity contribution >= 4 is 8.07 Å². The van der Waals surface area contributed by atoms with Crippen LogP contribution in [0.4, 0.5) is 0 Å². The van der Waals surface area contributed by atoms with Gasteiger partial charge in [0.05, 0.1) is 13.8 Å². The van der Waals surface area contributed by atoms with Gasteiger partial charge in [-0.2, -0.15) is 0 Å². The van der Waals surface area contributed by atoms with E-state index >= 15 is 0 Å². The minimum absolute atomic E-state index is 0.214. The molecule has 0 aliphatic rings. The van der Waals surface area contributed by atoms with Gasteiger partial charge in [-0.1, -0.05) is 65.8 Å². The van der Waals surface area contributed by atoms with E-state index in [2.05, 4.69) is 46.9 Å². The second-order valence-electron chi connectivity index (χ2n) is 5.99. The van der Waals surface area contributed by atoms with Crippen molar-refractivity contribution in [3.63, 3.8) is 0 Å². The minimum Gasteiger partial charge on any atom is -0.393 e. The van der Waals surface area contributed by atoms with Gasteiger partial charge < -0.3 is 5.11 Å². The molecule has 0 saturated heterocycles. The molecule has 0 saturated carbocycles. The first-order valence-corrected chi connectivity index (χ1v) is 9.16. The van der Waals surface area contributed by atoms with Crippen molar-refractivity contribution in [2.75, 3.05) is 0 Å². The van der Waals surface area contributed by atoms with Gasteiger partial charge in [-0.05, 0) is 11.5 Å². The van der Waals surface area contributed by atoms with E-state index in [1.165, 1.54) is 12.8 Å². The zero-order valence-corrected chi connectivity index (χ0v) is 12.3. The number of hydrogen-bond acceptors (Lipinski definition) is 1. The molecule has 0 aromatic heterocycles. The molecule has 0 heterocycles. The Bertz CT molecular complexity index is 201. The standard InChI is InChI=1S/C13H28OSi/c1-7-8-9-10-11-12(14)15(5,6)13(2,3)4/h10-12,14H,7-9H2,1-6H3/b11-10-. The molecule has 0 rings (SSSR count). The number of aliphatic hydroxyl groups excluding tert-OH is 1. The van der Waals surface area contributed by atoms with Crippen molar-refractivity contribution in [2.45, 2.75) is 70.8 Å². The monoisotopic (exact) mass is 228 g/mol. The molecule has 0 bridgehead atoms. The Balaban J connectivity index is 4.31. The van der Waals surface area contributed by atoms with Gasteiger partial charge in [0, 0.05) is 0 Å². The highest BCUT2D eigenvalue weighted by Crippen LogP contribution is 2.38. The van der Waals surface area contributed by atoms with Crippen LogP contribution >= 0.6 is 0 Å². The lowest BCUT2D eigenvalue weighted by atomic mass is 10.2. The summed E-state index contributed by atoms with van der Waals surface area (Å²) in [5.41, 5.74) is -0.214. The smallest absolute Gasteiger partial charge is 0.0914 e. The van der Waals surface area contributed by atoms with Gasteiger partial charge in [-0.15, -0.1) is 0 Å². The summed E-state index contributed by atoms with van der Waals surface area (Å²) in [7, 11) is -1.60. The average molecular weight is 228 g/mol. The average Bonchev–Trinajstić information content (AvgIpc) is 2.10. The maximum atomic E-state index is 10.2. The summed E-state index contributed by atoms with van der Waals surface area (Å²) in [5, 5.41) is 10.4. The van der Waals surface area contributed by atoms with Crippen LogP contribution in [0.1, 0.15) is 47.0 Å². The summed E-state index contributed by atoms with van der Waals surface area (Å²) in [6.45, 7) is 13.4. The highest BCUT2D eigenvalue weighted by atomic mass is 28.3. The lowest BCUT2D eigenvalue weighted by Gasteiger charge is -2.39. The first-order valence-electron chi connectivity index (χ1n) is 6.08. The number of unbranched alkanes of at least 4 members (excludes halogenated alkanes) is 2. The van der Waals surface area contributed by atoms with Gasteiger partial charge in [0.2, 0.25) is 0 Å². The third-order valence-corrected chi connectivity index (χ3v) is 9.25. The molecule has 0 spiro atoms. The summed E-state index contributed by atoms with van der Waals surface area (Å²) in [6.07, 6.45) is 7.71. The lowest BCUT2D eigenvalue weighted by Crippen LogP contribution is -2.48. The highest BCUT2D eigenvalue weighted by molar-refractivity contribution is 6.81. The van der Waals surface area contributed by atoms with Crippen LogP contribution in [0.2, 0.25) is 18.1 Å². The SMILES string of the molecule is CCCC/C=C\C(O)[Si](C)(C)C(C)(C)C. The van der Waals surface area contributed by atoms with Crippen LogP contribution in [-0.4, -0.2) is 18.9 Å². The van der Waals surface area contributed by atoms with Crippen LogP contribution in [-0.2, 0) is 0 Å². The van der Waals surface area contributed by atoms with Crippen LogP contribution < -0.4 is 0 Å². The van der Waals surface area contributed by atoms with Crippen molar-refractivity contribution in [2.24, 2.45) is 0 Å². The topological polar surface area (TPSA) is 20.2 Å². The molecular weight excluding hydrogens is 200 g/mol. The predicted octanol–water partition coefficient (Wildman–Crippen LogP) is 4.14. The first kappa shape index (κ1) is 14.9. The van der Waals surface area contributed by atoms with Gasteiger partial charge in [-0.25, -0.2) is 0 Å². The molecule has 0 aromatic carbocycles. The fraction of sp³-hybridized carbons (Fsp3) is 0.846. The third-order valence-electron chi connectivity index (χ3n) is 3.72. The zero-order valence-electron chi connectivity index (χ0n) is 11.3. The van der Waals surface area contributed by atoms with E-state index in [1.54, 1.807) is 0 Å². The molecular formula is C13H28OSi. The van der Waals surface area contributed by atoms with E-state index in [-0.39, 0.29) is 10.8 Å². The molecule has 0 radical (unpaired) electrons. The Morgan fingerprint density at radius 3 is 2.20 bits per heavy atom. The lowest BCUT2D eigenvalue weighted by molar-refractivity contribution is 0.283. The van der Waals surface area contributed by atoms with Crippen LogP contribution in [0.15, 0.2) is 12.2 Å². The number of allylic oxidation sites excluding steroid dienone is 1. The van der Waals surface area contributed by atoms with Crippen molar-refractivity contribution in [1.29, 1.82) is 0 Å². The quantitative estimate of drug-likeness (QED) is 0.426. The molecule has 0 aliphatic carbocycles. The summed E-state index contributed by atoms with van der Waals surface area (Å²) in [4.78, 5) is 0.